The molecule has 3 heteroatoms. The Balaban J connectivity index is 2.21. The number of likely N-dealkylation sites (tertiary alicyclic amines) is 1. The molecule has 1 heterocycles. The first-order valence-corrected chi connectivity index (χ1v) is 6.51. The summed E-state index contributed by atoms with van der Waals surface area (Å²) in [5.74, 6) is 0. The van der Waals surface area contributed by atoms with Gasteiger partial charge in [-0.25, -0.2) is 0 Å². The minimum Gasteiger partial charge on any atom is -0.393 e. The van der Waals surface area contributed by atoms with Crippen molar-refractivity contribution >= 4 is 0 Å². The van der Waals surface area contributed by atoms with Crippen LogP contribution in [-0.2, 0) is 0 Å². The zero-order valence-corrected chi connectivity index (χ0v) is 11.4. The fourth-order valence-electron chi connectivity index (χ4n) is 2.23. The Hall–Kier alpha value is -0.120. The third kappa shape index (κ3) is 4.40. The number of hydrogen-bond donors (Lipinski definition) is 1. The quantitative estimate of drug-likeness (QED) is 0.745. The summed E-state index contributed by atoms with van der Waals surface area (Å²) in [4.78, 5) is 4.87. The predicted octanol–water partition coefficient (Wildman–Crippen LogP) is 1.42. The van der Waals surface area contributed by atoms with Gasteiger partial charge in [0, 0.05) is 25.0 Å². The summed E-state index contributed by atoms with van der Waals surface area (Å²) >= 11 is 0. The van der Waals surface area contributed by atoms with Crippen molar-refractivity contribution in [1.82, 2.24) is 9.80 Å². The maximum absolute atomic E-state index is 9.67. The molecule has 0 aromatic rings. The van der Waals surface area contributed by atoms with E-state index in [9.17, 15) is 5.11 Å². The Morgan fingerprint density at radius 3 is 2.38 bits per heavy atom. The summed E-state index contributed by atoms with van der Waals surface area (Å²) in [5.41, 5.74) is -0.0141. The summed E-state index contributed by atoms with van der Waals surface area (Å²) in [6.45, 7) is 11.9. The maximum Gasteiger partial charge on any atom is 0.0575 e. The molecule has 1 aliphatic heterocycles. The van der Waals surface area contributed by atoms with Gasteiger partial charge in [0.15, 0.2) is 0 Å². The Kier molecular flexibility index (Phi) is 5.22. The lowest BCUT2D eigenvalue weighted by molar-refractivity contribution is 0.0392. The van der Waals surface area contributed by atoms with Crippen molar-refractivity contribution in [2.24, 2.45) is 5.41 Å². The van der Waals surface area contributed by atoms with Crippen molar-refractivity contribution in [3.05, 3.63) is 0 Å². The van der Waals surface area contributed by atoms with Crippen LogP contribution >= 0.6 is 0 Å². The molecule has 0 amide bonds. The summed E-state index contributed by atoms with van der Waals surface area (Å²) in [7, 11) is 2.15. The lowest BCUT2D eigenvalue weighted by Crippen LogP contribution is -2.41. The van der Waals surface area contributed by atoms with E-state index in [2.05, 4.69) is 30.7 Å². The van der Waals surface area contributed by atoms with Gasteiger partial charge in [-0.15, -0.1) is 0 Å². The topological polar surface area (TPSA) is 26.7 Å². The lowest BCUT2D eigenvalue weighted by atomic mass is 9.87. The molecule has 1 N–H and O–H groups in total. The van der Waals surface area contributed by atoms with E-state index in [1.54, 1.807) is 0 Å². The molecular formula is C13H28N2O. The molecule has 0 bridgehead atoms. The molecule has 1 atom stereocenters. The molecular weight excluding hydrogens is 200 g/mol. The molecule has 16 heavy (non-hydrogen) atoms. The number of aliphatic hydroxyl groups is 1. The van der Waals surface area contributed by atoms with Crippen LogP contribution in [0, 0.1) is 5.41 Å². The summed E-state index contributed by atoms with van der Waals surface area (Å²) in [6, 6.07) is 0. The van der Waals surface area contributed by atoms with Crippen LogP contribution in [-0.4, -0.2) is 60.8 Å². The number of aliphatic hydroxyl groups excluding tert-OH is 1. The highest BCUT2D eigenvalue weighted by atomic mass is 16.3. The molecule has 96 valence electrons. The Morgan fingerprint density at radius 1 is 1.31 bits per heavy atom. The highest BCUT2D eigenvalue weighted by Crippen LogP contribution is 2.21. The Morgan fingerprint density at radius 2 is 1.88 bits per heavy atom. The first kappa shape index (κ1) is 13.9. The monoisotopic (exact) mass is 228 g/mol. The Bertz CT molecular complexity index is 198. The predicted molar refractivity (Wildman–Crippen MR) is 68.6 cm³/mol. The standard InChI is InChI=1S/C13H28N2O/c1-12(16)13(2,3)11-14(4)9-10-15-7-5-6-8-15/h12,16H,5-11H2,1-4H3. The number of likely N-dealkylation sites (N-methyl/N-ethyl adjacent to an activating group) is 1. The van der Waals surface area contributed by atoms with Crippen molar-refractivity contribution in [2.45, 2.75) is 39.7 Å². The van der Waals surface area contributed by atoms with E-state index in [0.29, 0.717) is 0 Å². The van der Waals surface area contributed by atoms with Crippen LogP contribution in [0.3, 0.4) is 0 Å². The van der Waals surface area contributed by atoms with Crippen LogP contribution in [0.1, 0.15) is 33.6 Å². The van der Waals surface area contributed by atoms with Gasteiger partial charge >= 0.3 is 0 Å². The summed E-state index contributed by atoms with van der Waals surface area (Å²) in [5, 5.41) is 9.67. The molecule has 0 spiro atoms. The van der Waals surface area contributed by atoms with Crippen LogP contribution in [0.4, 0.5) is 0 Å². The van der Waals surface area contributed by atoms with Crippen molar-refractivity contribution < 1.29 is 5.11 Å². The first-order chi connectivity index (χ1) is 7.42. The van der Waals surface area contributed by atoms with Gasteiger partial charge in [-0.05, 0) is 39.9 Å². The van der Waals surface area contributed by atoms with Crippen molar-refractivity contribution in [3.63, 3.8) is 0 Å². The molecule has 1 saturated heterocycles. The first-order valence-electron chi connectivity index (χ1n) is 6.51. The van der Waals surface area contributed by atoms with Crippen molar-refractivity contribution in [3.8, 4) is 0 Å². The summed E-state index contributed by atoms with van der Waals surface area (Å²) in [6.07, 6.45) is 2.48. The van der Waals surface area contributed by atoms with E-state index in [1.807, 2.05) is 6.92 Å². The Labute approximate surface area is 100 Å². The number of nitrogens with zero attached hydrogens (tertiary/aromatic N) is 2. The van der Waals surface area contributed by atoms with Gasteiger partial charge in [-0.1, -0.05) is 13.8 Å². The van der Waals surface area contributed by atoms with E-state index < -0.39 is 0 Å². The lowest BCUT2D eigenvalue weighted by Gasteiger charge is -2.33. The third-order valence-electron chi connectivity index (χ3n) is 3.81. The van der Waals surface area contributed by atoms with Gasteiger partial charge in [-0.2, -0.15) is 0 Å². The van der Waals surface area contributed by atoms with E-state index in [4.69, 9.17) is 0 Å². The average molecular weight is 228 g/mol. The molecule has 3 nitrogen and oxygen atoms in total. The van der Waals surface area contributed by atoms with Crippen LogP contribution in [0.5, 0.6) is 0 Å². The van der Waals surface area contributed by atoms with Crippen LogP contribution in [0.15, 0.2) is 0 Å². The highest BCUT2D eigenvalue weighted by molar-refractivity contribution is 4.78. The molecule has 0 aromatic heterocycles. The largest absolute Gasteiger partial charge is 0.393 e. The minimum atomic E-state index is -0.248. The molecule has 1 rings (SSSR count). The van der Waals surface area contributed by atoms with E-state index in [1.165, 1.54) is 32.5 Å². The van der Waals surface area contributed by atoms with Crippen LogP contribution < -0.4 is 0 Å². The van der Waals surface area contributed by atoms with Gasteiger partial charge in [0.2, 0.25) is 0 Å². The SMILES string of the molecule is CC(O)C(C)(C)CN(C)CCN1CCCC1. The number of hydrogen-bond acceptors (Lipinski definition) is 3. The third-order valence-corrected chi connectivity index (χ3v) is 3.81. The normalized spacial score (nSPS) is 20.6. The van der Waals surface area contributed by atoms with Gasteiger partial charge in [-0.3, -0.25) is 0 Å². The minimum absolute atomic E-state index is 0.0141. The molecule has 0 saturated carbocycles. The molecule has 0 aromatic carbocycles. The van der Waals surface area contributed by atoms with Crippen LogP contribution in [0.2, 0.25) is 0 Å². The fourth-order valence-corrected chi connectivity index (χ4v) is 2.23. The van der Waals surface area contributed by atoms with Crippen LogP contribution in [0.25, 0.3) is 0 Å². The summed E-state index contributed by atoms with van der Waals surface area (Å²) < 4.78 is 0. The fraction of sp³-hybridized carbons (Fsp3) is 1.00. The molecule has 1 unspecified atom stereocenters. The van der Waals surface area contributed by atoms with E-state index >= 15 is 0 Å². The zero-order chi connectivity index (χ0) is 12.2. The van der Waals surface area contributed by atoms with Crippen molar-refractivity contribution in [2.75, 3.05) is 39.8 Å². The number of rotatable bonds is 6. The smallest absolute Gasteiger partial charge is 0.0575 e. The maximum atomic E-state index is 9.67. The van der Waals surface area contributed by atoms with Gasteiger partial charge < -0.3 is 14.9 Å². The van der Waals surface area contributed by atoms with Crippen molar-refractivity contribution in [1.29, 1.82) is 0 Å². The van der Waals surface area contributed by atoms with Gasteiger partial charge in [0.05, 0.1) is 6.10 Å². The van der Waals surface area contributed by atoms with Gasteiger partial charge in [0.25, 0.3) is 0 Å². The van der Waals surface area contributed by atoms with E-state index in [-0.39, 0.29) is 11.5 Å². The molecule has 0 radical (unpaired) electrons. The second-order valence-electron chi connectivity index (χ2n) is 5.95. The van der Waals surface area contributed by atoms with E-state index in [0.717, 1.165) is 13.1 Å². The average Bonchev–Trinajstić information content (AvgIpc) is 2.66. The second-order valence-corrected chi connectivity index (χ2v) is 5.95. The molecule has 0 aliphatic carbocycles. The zero-order valence-electron chi connectivity index (χ0n) is 11.4. The highest BCUT2D eigenvalue weighted by Gasteiger charge is 2.25. The molecule has 1 fully saturated rings. The molecule has 1 aliphatic rings. The second kappa shape index (κ2) is 5.99. The van der Waals surface area contributed by atoms with Gasteiger partial charge in [0.1, 0.15) is 0 Å².